The molecule has 25 heavy (non-hydrogen) atoms. The van der Waals surface area contributed by atoms with Crippen LogP contribution in [0.5, 0.6) is 0 Å². The van der Waals surface area contributed by atoms with Gasteiger partial charge in [0.1, 0.15) is 5.82 Å². The number of anilines is 2. The highest BCUT2D eigenvalue weighted by Gasteiger charge is 2.32. The predicted octanol–water partition coefficient (Wildman–Crippen LogP) is 0.424. The normalized spacial score (nSPS) is 17.4. The second-order valence-electron chi connectivity index (χ2n) is 5.59. The Morgan fingerprint density at radius 1 is 1.36 bits per heavy atom. The van der Waals surface area contributed by atoms with E-state index in [-0.39, 0.29) is 30.4 Å². The first kappa shape index (κ1) is 16.6. The summed E-state index contributed by atoms with van der Waals surface area (Å²) in [6.07, 6.45) is 0.482. The Labute approximate surface area is 141 Å². The lowest BCUT2D eigenvalue weighted by Crippen LogP contribution is -2.44. The highest BCUT2D eigenvalue weighted by Crippen LogP contribution is 2.25. The zero-order chi connectivity index (χ0) is 18.0. The number of benzene rings is 1. The molecule has 1 aromatic carbocycles. The van der Waals surface area contributed by atoms with Crippen molar-refractivity contribution in [3.8, 4) is 0 Å². The van der Waals surface area contributed by atoms with Crippen molar-refractivity contribution in [3.63, 3.8) is 0 Å². The van der Waals surface area contributed by atoms with Crippen LogP contribution in [-0.2, 0) is 9.59 Å². The predicted molar refractivity (Wildman–Crippen MR) is 85.0 cm³/mol. The molecule has 3 amide bonds. The number of halogens is 1. The molecule has 1 saturated heterocycles. The van der Waals surface area contributed by atoms with E-state index in [0.29, 0.717) is 12.1 Å². The number of piperidine rings is 1. The number of carbonyl (C=O) groups is 3. The molecule has 0 saturated carbocycles. The Kier molecular flexibility index (Phi) is 4.42. The maximum Gasteiger partial charge on any atom is 0.273 e. The number of H-pyrrole nitrogens is 1. The van der Waals surface area contributed by atoms with Crippen LogP contribution in [0, 0.1) is 11.7 Å². The fraction of sp³-hybridized carbons (Fsp3) is 0.267. The van der Waals surface area contributed by atoms with Crippen LogP contribution in [0.3, 0.4) is 0 Å². The number of primary amides is 1. The van der Waals surface area contributed by atoms with E-state index in [4.69, 9.17) is 5.73 Å². The van der Waals surface area contributed by atoms with Gasteiger partial charge in [0.25, 0.3) is 5.91 Å². The molecule has 2 heterocycles. The zero-order valence-electron chi connectivity index (χ0n) is 13.0. The van der Waals surface area contributed by atoms with Gasteiger partial charge < -0.3 is 16.0 Å². The third-order valence-electron chi connectivity index (χ3n) is 3.92. The summed E-state index contributed by atoms with van der Waals surface area (Å²) in [5, 5.41) is 11.9. The molecule has 4 N–H and O–H groups in total. The van der Waals surface area contributed by atoms with Gasteiger partial charge in [0.05, 0.1) is 5.92 Å². The number of nitrogens with one attached hydrogen (secondary N) is 2. The summed E-state index contributed by atoms with van der Waals surface area (Å²) in [4.78, 5) is 37.1. The maximum absolute atomic E-state index is 13.4. The smallest absolute Gasteiger partial charge is 0.273 e. The van der Waals surface area contributed by atoms with E-state index >= 15 is 0 Å². The summed E-state index contributed by atoms with van der Waals surface area (Å²) < 4.78 is 13.4. The van der Waals surface area contributed by atoms with Gasteiger partial charge in [-0.25, -0.2) is 4.39 Å². The molecule has 1 atom stereocenters. The van der Waals surface area contributed by atoms with Gasteiger partial charge in [-0.15, -0.1) is 10.2 Å². The van der Waals surface area contributed by atoms with Gasteiger partial charge in [0.15, 0.2) is 11.5 Å². The maximum atomic E-state index is 13.4. The largest absolute Gasteiger partial charge is 0.364 e. The van der Waals surface area contributed by atoms with Crippen LogP contribution in [0.25, 0.3) is 0 Å². The average Bonchev–Trinajstić information content (AvgIpc) is 3.03. The second-order valence-corrected chi connectivity index (χ2v) is 5.59. The topological polar surface area (TPSA) is 134 Å². The van der Waals surface area contributed by atoms with Crippen molar-refractivity contribution in [2.24, 2.45) is 11.7 Å². The van der Waals surface area contributed by atoms with Gasteiger partial charge in [0.2, 0.25) is 11.8 Å². The first-order valence-electron chi connectivity index (χ1n) is 7.53. The molecular weight excluding hydrogens is 331 g/mol. The number of carbonyl (C=O) groups excluding carboxylic acids is 3. The molecule has 1 aromatic heterocycles. The van der Waals surface area contributed by atoms with Crippen molar-refractivity contribution in [2.45, 2.75) is 12.8 Å². The number of rotatable bonds is 4. The molecule has 1 unspecified atom stereocenters. The van der Waals surface area contributed by atoms with Crippen LogP contribution in [0.2, 0.25) is 0 Å². The molecule has 0 radical (unpaired) electrons. The molecule has 9 nitrogen and oxygen atoms in total. The molecule has 1 aliphatic rings. The van der Waals surface area contributed by atoms with Crippen LogP contribution in [-0.4, -0.2) is 39.7 Å². The fourth-order valence-corrected chi connectivity index (χ4v) is 2.66. The number of aromatic nitrogens is 3. The van der Waals surface area contributed by atoms with Crippen LogP contribution < -0.4 is 16.0 Å². The van der Waals surface area contributed by atoms with E-state index in [0.717, 1.165) is 0 Å². The minimum atomic E-state index is -0.829. The van der Waals surface area contributed by atoms with Crippen LogP contribution in [0.1, 0.15) is 23.3 Å². The first-order chi connectivity index (χ1) is 12.0. The van der Waals surface area contributed by atoms with Gasteiger partial charge in [-0.1, -0.05) is 6.07 Å². The average molecular weight is 346 g/mol. The number of hydrogen-bond acceptors (Lipinski definition) is 5. The Morgan fingerprint density at radius 2 is 2.16 bits per heavy atom. The van der Waals surface area contributed by atoms with Crippen molar-refractivity contribution < 1.29 is 18.8 Å². The molecule has 0 spiro atoms. The quantitative estimate of drug-likeness (QED) is 0.738. The Bertz CT molecular complexity index is 836. The van der Waals surface area contributed by atoms with Crippen molar-refractivity contribution in [2.75, 3.05) is 16.8 Å². The zero-order valence-corrected chi connectivity index (χ0v) is 13.0. The second kappa shape index (κ2) is 6.67. The third-order valence-corrected chi connectivity index (χ3v) is 3.92. The summed E-state index contributed by atoms with van der Waals surface area (Å²) in [6.45, 7) is 0.0951. The lowest BCUT2D eigenvalue weighted by atomic mass is 9.96. The minimum Gasteiger partial charge on any atom is -0.364 e. The third kappa shape index (κ3) is 3.47. The highest BCUT2D eigenvalue weighted by atomic mass is 19.1. The van der Waals surface area contributed by atoms with Gasteiger partial charge in [0, 0.05) is 18.7 Å². The molecule has 3 rings (SSSR count). The number of aromatic amines is 1. The standard InChI is InChI=1S/C15H15FN6O3/c16-9-2-1-3-10(6-9)22-7-8(4-5-11(22)23)15(25)18-14-12(13(17)24)19-21-20-14/h1-3,6,8H,4-5,7H2,(H2,17,24)(H2,18,19,20,21,25). The van der Waals surface area contributed by atoms with Gasteiger partial charge in [-0.2, -0.15) is 5.21 Å². The molecule has 130 valence electrons. The number of amides is 3. The van der Waals surface area contributed by atoms with Crippen LogP contribution >= 0.6 is 0 Å². The number of hydrogen-bond donors (Lipinski definition) is 3. The van der Waals surface area contributed by atoms with Gasteiger partial charge in [-0.05, 0) is 24.6 Å². The van der Waals surface area contributed by atoms with Crippen molar-refractivity contribution in [1.29, 1.82) is 0 Å². The van der Waals surface area contributed by atoms with Gasteiger partial charge in [-0.3, -0.25) is 14.4 Å². The summed E-state index contributed by atoms with van der Waals surface area (Å²) in [5.41, 5.74) is 5.35. The molecular formula is C15H15FN6O3. The van der Waals surface area contributed by atoms with Gasteiger partial charge >= 0.3 is 0 Å². The van der Waals surface area contributed by atoms with Crippen molar-refractivity contribution in [3.05, 3.63) is 35.8 Å². The molecule has 0 aliphatic carbocycles. The Morgan fingerprint density at radius 3 is 2.88 bits per heavy atom. The molecule has 10 heteroatoms. The lowest BCUT2D eigenvalue weighted by Gasteiger charge is -2.31. The summed E-state index contributed by atoms with van der Waals surface area (Å²) >= 11 is 0. The highest BCUT2D eigenvalue weighted by molar-refractivity contribution is 6.02. The van der Waals surface area contributed by atoms with Crippen LogP contribution in [0.4, 0.5) is 15.9 Å². The minimum absolute atomic E-state index is 0.0632. The Balaban J connectivity index is 1.74. The van der Waals surface area contributed by atoms with Crippen molar-refractivity contribution >= 4 is 29.2 Å². The van der Waals surface area contributed by atoms with E-state index in [1.807, 2.05) is 0 Å². The lowest BCUT2D eigenvalue weighted by molar-refractivity contribution is -0.124. The molecule has 1 aliphatic heterocycles. The van der Waals surface area contributed by atoms with Crippen LogP contribution in [0.15, 0.2) is 24.3 Å². The number of nitrogens with zero attached hydrogens (tertiary/aromatic N) is 3. The molecule has 1 fully saturated rings. The van der Waals surface area contributed by atoms with Crippen molar-refractivity contribution in [1.82, 2.24) is 15.4 Å². The molecule has 2 aromatic rings. The van der Waals surface area contributed by atoms with E-state index in [1.54, 1.807) is 6.07 Å². The van der Waals surface area contributed by atoms with E-state index < -0.39 is 23.5 Å². The van der Waals surface area contributed by atoms with E-state index in [2.05, 4.69) is 20.7 Å². The summed E-state index contributed by atoms with van der Waals surface area (Å²) in [6, 6.07) is 5.61. The van der Waals surface area contributed by atoms with E-state index in [9.17, 15) is 18.8 Å². The molecule has 0 bridgehead atoms. The summed E-state index contributed by atoms with van der Waals surface area (Å²) in [7, 11) is 0. The van der Waals surface area contributed by atoms with E-state index in [1.165, 1.54) is 23.1 Å². The monoisotopic (exact) mass is 346 g/mol. The fourth-order valence-electron chi connectivity index (χ4n) is 2.66. The first-order valence-corrected chi connectivity index (χ1v) is 7.53. The summed E-state index contributed by atoms with van der Waals surface area (Å²) in [5.74, 6) is -2.51. The number of nitrogens with two attached hydrogens (primary N) is 1. The SMILES string of the molecule is NC(=O)c1n[nH]nc1NC(=O)C1CCC(=O)N(c2cccc(F)c2)C1. The Hall–Kier alpha value is -3.30.